The van der Waals surface area contributed by atoms with E-state index in [0.717, 1.165) is 35.5 Å². The van der Waals surface area contributed by atoms with Gasteiger partial charge in [0.1, 0.15) is 0 Å². The normalized spacial score (nSPS) is 1.67. The van der Waals surface area contributed by atoms with Crippen LogP contribution in [0.3, 0.4) is 0 Å². The molecule has 125 valence electrons. The van der Waals surface area contributed by atoms with Crippen LogP contribution in [-0.2, 0) is 83.0 Å². The van der Waals surface area contributed by atoms with Gasteiger partial charge in [-0.15, -0.1) is 0 Å². The average molecular weight is 388 g/mol. The van der Waals surface area contributed by atoms with E-state index in [2.05, 4.69) is 0 Å². The van der Waals surface area contributed by atoms with Gasteiger partial charge in [-0.3, -0.25) is 0 Å². The van der Waals surface area contributed by atoms with Crippen LogP contribution in [0.4, 0.5) is 0 Å². The molecule has 0 aromatic heterocycles. The van der Waals surface area contributed by atoms with Gasteiger partial charge in [-0.1, -0.05) is 0 Å². The molecule has 0 aliphatic heterocycles. The Kier molecular flexibility index (Phi) is 27100. The molecule has 0 aromatic carbocycles. The molecule has 0 atom stereocenters. The van der Waals surface area contributed by atoms with Crippen molar-refractivity contribution in [1.82, 2.24) is 0 Å². The molecule has 0 bridgehead atoms. The van der Waals surface area contributed by atoms with Crippen molar-refractivity contribution in [1.29, 1.82) is 0 Å². The fourth-order valence-electron chi connectivity index (χ4n) is 0. The molecule has 13 heteroatoms. The number of rotatable bonds is 0. The van der Waals surface area contributed by atoms with Gasteiger partial charge in [0, 0.05) is 55.7 Å². The van der Waals surface area contributed by atoms with E-state index < -0.39 is 0 Å². The molecule has 18 heavy (non-hydrogen) atoms. The molecule has 0 saturated heterocycles. The van der Waals surface area contributed by atoms with Crippen LogP contribution in [0.15, 0.2) is 0 Å². The molecule has 0 unspecified atom stereocenters. The second-order valence-corrected chi connectivity index (χ2v) is 0. The van der Waals surface area contributed by atoms with Crippen LogP contribution in [0.25, 0.3) is 0 Å². The van der Waals surface area contributed by atoms with Crippen molar-refractivity contribution in [3.63, 3.8) is 0 Å². The van der Waals surface area contributed by atoms with E-state index >= 15 is 0 Å². The number of hydrogen-bond acceptors (Lipinski definition) is 5. The second kappa shape index (κ2) is 3020. The predicted molar refractivity (Wildman–Crippen MR) is 33.1 cm³/mol. The van der Waals surface area contributed by atoms with E-state index in [1.54, 1.807) is 0 Å². The summed E-state index contributed by atoms with van der Waals surface area (Å²) in [6.45, 7) is 0. The maximum Gasteiger partial charge on any atom is 0 e. The Balaban J connectivity index is -0.00000000142. The topological polar surface area (TPSA) is 258 Å². The fourth-order valence-corrected chi connectivity index (χ4v) is 0. The maximum atomic E-state index is 8.25. The van der Waals surface area contributed by atoms with E-state index in [0.29, 0.717) is 0 Å². The third-order valence-electron chi connectivity index (χ3n) is 0. The van der Waals surface area contributed by atoms with Crippen LogP contribution in [-0.4, -0.2) is 35.5 Å². The number of hydrogen-bond donors (Lipinski definition) is 0. The van der Waals surface area contributed by atoms with Crippen molar-refractivity contribution >= 4 is 0 Å². The second-order valence-electron chi connectivity index (χ2n) is 0. The largest absolute Gasteiger partial charge is 2.00 e. The van der Waals surface area contributed by atoms with Gasteiger partial charge in [0.15, 0.2) is 0 Å². The molecule has 0 heterocycles. The summed E-state index contributed by atoms with van der Waals surface area (Å²) < 4.78 is 0. The first kappa shape index (κ1) is 162. The summed E-state index contributed by atoms with van der Waals surface area (Å²) in [4.78, 5) is 0. The standard InChI is InChI=1S/5CH3O.5O.3V/c5*1-2;;;;;;;;/h5*1H3;;;;;;;;/q5*-1;5*-2;;;. The molecular weight excluding hydrogens is 373 g/mol. The minimum Gasteiger partial charge on any atom is -2.00 e. The third kappa shape index (κ3) is 2530. The Morgan fingerprint density at radius 1 is 0.278 bits per heavy atom. The van der Waals surface area contributed by atoms with E-state index in [-0.39, 0.29) is 83.0 Å². The maximum absolute atomic E-state index is 8.25. The zero-order valence-electron chi connectivity index (χ0n) is 10.4. The van der Waals surface area contributed by atoms with Gasteiger partial charge in [0.25, 0.3) is 0 Å². The SMILES string of the molecule is C[O-].C[O-].C[O-].C[O-].C[O-].[O-2].[O-2].[O-2].[O-2].[O-2].[V].[V].[V]. The molecule has 0 fully saturated rings. The van der Waals surface area contributed by atoms with Crippen LogP contribution in [0.5, 0.6) is 0 Å². The van der Waals surface area contributed by atoms with Crippen LogP contribution < -0.4 is 25.5 Å². The Labute approximate surface area is 144 Å². The smallest absolute Gasteiger partial charge is 0 e. The van der Waals surface area contributed by atoms with Gasteiger partial charge in [0.2, 0.25) is 0 Å². The third-order valence-corrected chi connectivity index (χ3v) is 0. The van der Waals surface area contributed by atoms with Gasteiger partial charge < -0.3 is 52.9 Å². The van der Waals surface area contributed by atoms with Crippen LogP contribution in [0, 0.1) is 0 Å². The van der Waals surface area contributed by atoms with Crippen LogP contribution in [0.1, 0.15) is 0 Å². The molecular formula is C5H15O10V3-15. The van der Waals surface area contributed by atoms with Crippen molar-refractivity contribution < 1.29 is 109 Å². The van der Waals surface area contributed by atoms with Gasteiger partial charge in [-0.25, -0.2) is 0 Å². The average Bonchev–Trinajstić information content (AvgIpc) is 2.20. The van der Waals surface area contributed by atoms with Gasteiger partial charge in [-0.2, -0.15) is 35.5 Å². The van der Waals surface area contributed by atoms with Crippen molar-refractivity contribution in [3.8, 4) is 0 Å². The molecule has 0 saturated carbocycles. The molecule has 10 nitrogen and oxygen atoms in total. The van der Waals surface area contributed by atoms with E-state index in [1.807, 2.05) is 0 Å². The summed E-state index contributed by atoms with van der Waals surface area (Å²) in [5.74, 6) is 0. The minimum absolute atomic E-state index is 0. The Bertz CT molecular complexity index is 25.5. The monoisotopic (exact) mass is 388 g/mol. The first-order valence-corrected chi connectivity index (χ1v) is 2.04. The van der Waals surface area contributed by atoms with Crippen LogP contribution in [0.2, 0.25) is 0 Å². The molecule has 0 aromatic rings. The molecule has 0 rings (SSSR count). The fraction of sp³-hybridized carbons (Fsp3) is 1.00. The predicted octanol–water partition coefficient (Wildman–Crippen LogP) is -5.72. The summed E-state index contributed by atoms with van der Waals surface area (Å²) in [7, 11) is 3.75. The summed E-state index contributed by atoms with van der Waals surface area (Å²) >= 11 is 0. The van der Waals surface area contributed by atoms with E-state index in [1.165, 1.54) is 0 Å². The Hall–Kier alpha value is 1.35. The molecule has 0 spiro atoms. The molecule has 0 aliphatic carbocycles. The van der Waals surface area contributed by atoms with Gasteiger partial charge in [0.05, 0.1) is 0 Å². The van der Waals surface area contributed by atoms with Gasteiger partial charge in [-0.05, 0) is 0 Å². The molecule has 0 amide bonds. The Morgan fingerprint density at radius 2 is 0.278 bits per heavy atom. The zero-order valence-corrected chi connectivity index (χ0v) is 14.6. The first-order chi connectivity index (χ1) is 5.00. The van der Waals surface area contributed by atoms with Gasteiger partial charge >= 0.3 is 0 Å². The van der Waals surface area contributed by atoms with Crippen molar-refractivity contribution in [2.45, 2.75) is 0 Å². The molecule has 0 N–H and O–H groups in total. The molecule has 0 aliphatic rings. The van der Waals surface area contributed by atoms with E-state index in [4.69, 9.17) is 25.5 Å². The quantitative estimate of drug-likeness (QED) is 0.391. The minimum atomic E-state index is 0. The van der Waals surface area contributed by atoms with Crippen molar-refractivity contribution in [2.24, 2.45) is 0 Å². The summed E-state index contributed by atoms with van der Waals surface area (Å²) in [5, 5.41) is 41.2. The zero-order chi connectivity index (χ0) is 10.0. The summed E-state index contributed by atoms with van der Waals surface area (Å²) in [6, 6.07) is 0. The van der Waals surface area contributed by atoms with Crippen molar-refractivity contribution in [3.05, 3.63) is 0 Å². The van der Waals surface area contributed by atoms with E-state index in [9.17, 15) is 0 Å². The summed E-state index contributed by atoms with van der Waals surface area (Å²) in [5.41, 5.74) is 0. The van der Waals surface area contributed by atoms with Crippen LogP contribution >= 0.6 is 0 Å². The first-order valence-electron chi connectivity index (χ1n) is 2.04. The van der Waals surface area contributed by atoms with Crippen molar-refractivity contribution in [2.75, 3.05) is 35.5 Å². The Morgan fingerprint density at radius 3 is 0.278 bits per heavy atom. The molecule has 3 radical (unpaired) electrons. The summed E-state index contributed by atoms with van der Waals surface area (Å²) in [6.07, 6.45) is 0.